The Bertz CT molecular complexity index is 723. The largest absolute Gasteiger partial charge is 0.366 e. The lowest BCUT2D eigenvalue weighted by Gasteiger charge is -2.26. The zero-order chi connectivity index (χ0) is 17.1. The second-order valence-electron chi connectivity index (χ2n) is 7.10. The molecular formula is C22H27NO. The summed E-state index contributed by atoms with van der Waals surface area (Å²) < 4.78 is 0. The Kier molecular flexibility index (Phi) is 5.03. The fourth-order valence-electron chi connectivity index (χ4n) is 4.35. The molecule has 0 heterocycles. The van der Waals surface area contributed by atoms with Crippen molar-refractivity contribution in [1.82, 2.24) is 0 Å². The number of nitrogens with two attached hydrogens (primary N) is 1. The summed E-state index contributed by atoms with van der Waals surface area (Å²) in [5, 5.41) is 0. The van der Waals surface area contributed by atoms with Gasteiger partial charge in [-0.2, -0.15) is 0 Å². The van der Waals surface area contributed by atoms with Gasteiger partial charge in [0.15, 0.2) is 0 Å². The number of aryl methyl sites for hydroxylation is 1. The number of carbonyl (C=O) groups is 1. The molecule has 0 saturated heterocycles. The van der Waals surface area contributed by atoms with E-state index in [4.69, 9.17) is 5.73 Å². The smallest absolute Gasteiger partial charge is 0.248 e. The zero-order valence-electron chi connectivity index (χ0n) is 14.7. The van der Waals surface area contributed by atoms with E-state index >= 15 is 0 Å². The number of carbonyl (C=O) groups excluding carboxylic acids is 1. The first kappa shape index (κ1) is 16.8. The molecule has 2 unspecified atom stereocenters. The van der Waals surface area contributed by atoms with Crippen LogP contribution in [0.25, 0.3) is 0 Å². The van der Waals surface area contributed by atoms with E-state index in [2.05, 4.69) is 32.1 Å². The molecule has 2 aliphatic carbocycles. The van der Waals surface area contributed by atoms with Crippen molar-refractivity contribution < 1.29 is 4.79 Å². The van der Waals surface area contributed by atoms with Gasteiger partial charge in [0.1, 0.15) is 0 Å². The second-order valence-corrected chi connectivity index (χ2v) is 7.10. The van der Waals surface area contributed by atoms with Crippen LogP contribution < -0.4 is 5.73 Å². The number of amides is 1. The quantitative estimate of drug-likeness (QED) is 0.817. The minimum Gasteiger partial charge on any atom is -0.366 e. The Morgan fingerprint density at radius 2 is 2.12 bits per heavy atom. The molecule has 0 aliphatic heterocycles. The van der Waals surface area contributed by atoms with Crippen molar-refractivity contribution in [3.05, 3.63) is 70.3 Å². The Morgan fingerprint density at radius 1 is 1.33 bits per heavy atom. The van der Waals surface area contributed by atoms with E-state index in [0.717, 1.165) is 18.4 Å². The zero-order valence-corrected chi connectivity index (χ0v) is 14.7. The summed E-state index contributed by atoms with van der Waals surface area (Å²) in [6.45, 7) is 4.32. The van der Waals surface area contributed by atoms with E-state index in [1.807, 2.05) is 24.3 Å². The first-order valence-corrected chi connectivity index (χ1v) is 9.00. The van der Waals surface area contributed by atoms with E-state index in [0.29, 0.717) is 17.4 Å². The maximum absolute atomic E-state index is 11.6. The Balaban J connectivity index is 1.70. The topological polar surface area (TPSA) is 43.1 Å². The van der Waals surface area contributed by atoms with Gasteiger partial charge in [-0.05, 0) is 80.6 Å². The molecule has 2 aliphatic rings. The molecule has 1 aromatic rings. The van der Waals surface area contributed by atoms with Gasteiger partial charge in [-0.15, -0.1) is 0 Å². The molecule has 0 aromatic heterocycles. The van der Waals surface area contributed by atoms with Gasteiger partial charge in [-0.1, -0.05) is 42.0 Å². The Labute approximate surface area is 145 Å². The molecule has 0 radical (unpaired) electrons. The molecule has 0 spiro atoms. The predicted octanol–water partition coefficient (Wildman–Crippen LogP) is 4.97. The Hall–Kier alpha value is -2.09. The molecule has 2 N–H and O–H groups in total. The summed E-state index contributed by atoms with van der Waals surface area (Å²) in [5.41, 5.74) is 11.8. The van der Waals surface area contributed by atoms with Crippen LogP contribution in [-0.2, 0) is 6.42 Å². The molecule has 1 amide bonds. The van der Waals surface area contributed by atoms with Crippen molar-refractivity contribution in [1.29, 1.82) is 0 Å². The van der Waals surface area contributed by atoms with Crippen LogP contribution in [0.2, 0.25) is 0 Å². The first-order chi connectivity index (χ1) is 11.6. The van der Waals surface area contributed by atoms with E-state index in [-0.39, 0.29) is 5.91 Å². The van der Waals surface area contributed by atoms with Crippen LogP contribution in [0.3, 0.4) is 0 Å². The van der Waals surface area contributed by atoms with Gasteiger partial charge in [-0.3, -0.25) is 4.79 Å². The van der Waals surface area contributed by atoms with Crippen LogP contribution in [0.1, 0.15) is 55.5 Å². The highest BCUT2D eigenvalue weighted by molar-refractivity contribution is 5.94. The summed E-state index contributed by atoms with van der Waals surface area (Å²) in [6, 6.07) is 7.77. The number of primary amides is 1. The number of hydrogen-bond acceptors (Lipinski definition) is 1. The molecule has 1 fully saturated rings. The molecule has 24 heavy (non-hydrogen) atoms. The highest BCUT2D eigenvalue weighted by atomic mass is 16.1. The normalized spacial score (nSPS) is 23.5. The summed E-state index contributed by atoms with van der Waals surface area (Å²) in [5.74, 6) is 1.08. The van der Waals surface area contributed by atoms with Crippen LogP contribution in [0.4, 0.5) is 0 Å². The summed E-state index contributed by atoms with van der Waals surface area (Å²) >= 11 is 0. The third-order valence-corrected chi connectivity index (χ3v) is 5.63. The van der Waals surface area contributed by atoms with Crippen molar-refractivity contribution in [2.45, 2.75) is 46.0 Å². The highest BCUT2D eigenvalue weighted by Crippen LogP contribution is 2.46. The number of hydrogen-bond donors (Lipinski definition) is 1. The molecule has 2 nitrogen and oxygen atoms in total. The molecule has 1 saturated carbocycles. The van der Waals surface area contributed by atoms with Crippen LogP contribution in [0.5, 0.6) is 0 Å². The first-order valence-electron chi connectivity index (χ1n) is 9.00. The van der Waals surface area contributed by atoms with E-state index in [1.54, 1.807) is 5.57 Å². The SMILES string of the molecule is C/C=C\C1=C(C)C=C2CCC(CCc3ccccc3C(N)=O)C2C1. The third kappa shape index (κ3) is 3.38. The van der Waals surface area contributed by atoms with Crippen LogP contribution in [0.15, 0.2) is 59.2 Å². The maximum atomic E-state index is 11.6. The van der Waals surface area contributed by atoms with E-state index in [9.17, 15) is 4.79 Å². The standard InChI is InChI=1S/C22H27NO/c1-3-6-18-14-21-17(11-12-19(21)13-15(18)2)10-9-16-7-4-5-8-20(16)22(23)24/h3-8,13,17,21H,9-12,14H2,1-2H3,(H2,23,24)/b6-3-. The lowest BCUT2D eigenvalue weighted by atomic mass is 9.79. The van der Waals surface area contributed by atoms with Crippen molar-refractivity contribution in [3.63, 3.8) is 0 Å². The van der Waals surface area contributed by atoms with Crippen LogP contribution >= 0.6 is 0 Å². The number of rotatable bonds is 5. The van der Waals surface area contributed by atoms with Crippen LogP contribution in [0, 0.1) is 11.8 Å². The number of fused-ring (bicyclic) bond motifs is 1. The lowest BCUT2D eigenvalue weighted by Crippen LogP contribution is -2.16. The lowest BCUT2D eigenvalue weighted by molar-refractivity contribution is 0.0999. The fraction of sp³-hybridized carbons (Fsp3) is 0.409. The van der Waals surface area contributed by atoms with Crippen molar-refractivity contribution in [2.75, 3.05) is 0 Å². The highest BCUT2D eigenvalue weighted by Gasteiger charge is 2.33. The molecule has 126 valence electrons. The molecule has 3 rings (SSSR count). The minimum absolute atomic E-state index is 0.316. The van der Waals surface area contributed by atoms with Crippen molar-refractivity contribution >= 4 is 5.91 Å². The van der Waals surface area contributed by atoms with E-state index in [1.165, 1.54) is 30.4 Å². The van der Waals surface area contributed by atoms with Gasteiger partial charge in [0, 0.05) is 5.56 Å². The van der Waals surface area contributed by atoms with E-state index < -0.39 is 0 Å². The van der Waals surface area contributed by atoms with Gasteiger partial charge in [0.05, 0.1) is 0 Å². The van der Waals surface area contributed by atoms with Gasteiger partial charge in [0.2, 0.25) is 5.91 Å². The van der Waals surface area contributed by atoms with Gasteiger partial charge >= 0.3 is 0 Å². The predicted molar refractivity (Wildman–Crippen MR) is 99.7 cm³/mol. The molecule has 2 heteroatoms. The molecule has 0 bridgehead atoms. The minimum atomic E-state index is -0.316. The molecular weight excluding hydrogens is 294 g/mol. The Morgan fingerprint density at radius 3 is 2.88 bits per heavy atom. The number of allylic oxidation sites excluding steroid dienone is 6. The van der Waals surface area contributed by atoms with Crippen molar-refractivity contribution in [3.8, 4) is 0 Å². The summed E-state index contributed by atoms with van der Waals surface area (Å²) in [6.07, 6.45) is 12.6. The maximum Gasteiger partial charge on any atom is 0.248 e. The van der Waals surface area contributed by atoms with Gasteiger partial charge in [-0.25, -0.2) is 0 Å². The second kappa shape index (κ2) is 7.21. The molecule has 1 aromatic carbocycles. The van der Waals surface area contributed by atoms with Gasteiger partial charge < -0.3 is 5.73 Å². The summed E-state index contributed by atoms with van der Waals surface area (Å²) in [4.78, 5) is 11.6. The average molecular weight is 321 g/mol. The average Bonchev–Trinajstić information content (AvgIpc) is 2.95. The van der Waals surface area contributed by atoms with Gasteiger partial charge in [0.25, 0.3) is 0 Å². The number of benzene rings is 1. The third-order valence-electron chi connectivity index (χ3n) is 5.63. The van der Waals surface area contributed by atoms with Crippen molar-refractivity contribution in [2.24, 2.45) is 17.6 Å². The molecule has 2 atom stereocenters. The summed E-state index contributed by atoms with van der Waals surface area (Å²) in [7, 11) is 0. The van der Waals surface area contributed by atoms with Crippen LogP contribution in [-0.4, -0.2) is 5.91 Å². The monoisotopic (exact) mass is 321 g/mol. The fourth-order valence-corrected chi connectivity index (χ4v) is 4.35.